The molecule has 0 saturated heterocycles. The van der Waals surface area contributed by atoms with E-state index in [2.05, 4.69) is 22.0 Å². The van der Waals surface area contributed by atoms with Crippen LogP contribution in [0.1, 0.15) is 43.5 Å². The van der Waals surface area contributed by atoms with Gasteiger partial charge >= 0.3 is 0 Å². The number of ether oxygens (including phenoxy) is 1. The number of alkyl halides is 1. The minimum absolute atomic E-state index is 0.139. The summed E-state index contributed by atoms with van der Waals surface area (Å²) in [5.41, 5.74) is 1.22. The summed E-state index contributed by atoms with van der Waals surface area (Å²) in [6, 6.07) is 6.20. The Balaban J connectivity index is 1.78. The molecule has 0 N–H and O–H groups in total. The molecule has 1 aromatic rings. The lowest BCUT2D eigenvalue weighted by molar-refractivity contribution is 0.322. The van der Waals surface area contributed by atoms with Crippen molar-refractivity contribution in [1.82, 2.24) is 0 Å². The Kier molecular flexibility index (Phi) is 4.09. The van der Waals surface area contributed by atoms with Gasteiger partial charge in [0.2, 0.25) is 0 Å². The number of benzene rings is 1. The molecule has 3 rings (SSSR count). The van der Waals surface area contributed by atoms with E-state index in [4.69, 9.17) is 16.3 Å². The number of hydrogen-bond acceptors (Lipinski definition) is 1. The zero-order valence-electron chi connectivity index (χ0n) is 11.2. The molecule has 0 amide bonds. The fraction of sp³-hybridized carbons (Fsp3) is 0.625. The molecule has 1 aromatic carbocycles. The van der Waals surface area contributed by atoms with Crippen molar-refractivity contribution in [1.29, 1.82) is 0 Å². The van der Waals surface area contributed by atoms with Crippen LogP contribution in [0.25, 0.3) is 0 Å². The van der Waals surface area contributed by atoms with Crippen LogP contribution in [0.4, 0.5) is 0 Å². The maximum atomic E-state index is 6.77. The van der Waals surface area contributed by atoms with E-state index in [-0.39, 0.29) is 5.38 Å². The van der Waals surface area contributed by atoms with Gasteiger partial charge in [-0.2, -0.15) is 0 Å². The van der Waals surface area contributed by atoms with E-state index in [9.17, 15) is 0 Å². The van der Waals surface area contributed by atoms with E-state index in [0.717, 1.165) is 22.1 Å². The summed E-state index contributed by atoms with van der Waals surface area (Å²) in [6.45, 7) is 2.70. The quantitative estimate of drug-likeness (QED) is 0.650. The van der Waals surface area contributed by atoms with Crippen molar-refractivity contribution in [3.63, 3.8) is 0 Å². The van der Waals surface area contributed by atoms with Gasteiger partial charge in [0.25, 0.3) is 0 Å². The van der Waals surface area contributed by atoms with Gasteiger partial charge in [0.1, 0.15) is 5.75 Å². The highest BCUT2D eigenvalue weighted by atomic mass is 79.9. The van der Waals surface area contributed by atoms with E-state index in [0.29, 0.717) is 12.5 Å². The van der Waals surface area contributed by atoms with Crippen molar-refractivity contribution < 1.29 is 4.74 Å². The van der Waals surface area contributed by atoms with Gasteiger partial charge in [0.15, 0.2) is 0 Å². The average Bonchev–Trinajstić information content (AvgIpc) is 3.01. The van der Waals surface area contributed by atoms with Crippen molar-refractivity contribution in [3.8, 4) is 5.75 Å². The first-order valence-corrected chi connectivity index (χ1v) is 8.48. The molecule has 4 atom stereocenters. The van der Waals surface area contributed by atoms with Crippen LogP contribution in [-0.4, -0.2) is 6.61 Å². The van der Waals surface area contributed by atoms with E-state index >= 15 is 0 Å². The van der Waals surface area contributed by atoms with Crippen LogP contribution in [0, 0.1) is 17.8 Å². The van der Waals surface area contributed by atoms with Crippen molar-refractivity contribution in [3.05, 3.63) is 28.2 Å². The van der Waals surface area contributed by atoms with E-state index in [1.807, 2.05) is 19.1 Å². The summed E-state index contributed by atoms with van der Waals surface area (Å²) in [4.78, 5) is 0. The van der Waals surface area contributed by atoms with Crippen molar-refractivity contribution >= 4 is 27.5 Å². The first kappa shape index (κ1) is 13.8. The monoisotopic (exact) mass is 342 g/mol. The number of hydrogen-bond donors (Lipinski definition) is 0. The molecule has 2 bridgehead atoms. The first-order chi connectivity index (χ1) is 9.19. The Labute approximate surface area is 128 Å². The molecule has 0 spiro atoms. The molecule has 104 valence electrons. The van der Waals surface area contributed by atoms with Gasteiger partial charge in [-0.25, -0.2) is 0 Å². The highest BCUT2D eigenvalue weighted by molar-refractivity contribution is 9.10. The molecule has 0 aromatic heterocycles. The fourth-order valence-electron chi connectivity index (χ4n) is 3.87. The van der Waals surface area contributed by atoms with Gasteiger partial charge in [-0.15, -0.1) is 11.6 Å². The Morgan fingerprint density at radius 1 is 1.37 bits per heavy atom. The van der Waals surface area contributed by atoms with Crippen molar-refractivity contribution in [2.45, 2.75) is 38.0 Å². The van der Waals surface area contributed by atoms with Crippen LogP contribution in [0.3, 0.4) is 0 Å². The first-order valence-electron chi connectivity index (χ1n) is 7.25. The zero-order chi connectivity index (χ0) is 13.4. The molecule has 3 heteroatoms. The predicted molar refractivity (Wildman–Crippen MR) is 82.8 cm³/mol. The Morgan fingerprint density at radius 3 is 2.79 bits per heavy atom. The second kappa shape index (κ2) is 5.65. The van der Waals surface area contributed by atoms with Gasteiger partial charge in [-0.3, -0.25) is 0 Å². The van der Waals surface area contributed by atoms with Gasteiger partial charge in [0, 0.05) is 4.47 Å². The normalized spacial score (nSPS) is 30.6. The molecule has 2 aliphatic rings. The lowest BCUT2D eigenvalue weighted by Crippen LogP contribution is -2.16. The predicted octanol–water partition coefficient (Wildman–Crippen LogP) is 5.56. The van der Waals surface area contributed by atoms with E-state index in [1.165, 1.54) is 31.2 Å². The van der Waals surface area contributed by atoms with Crippen LogP contribution in [0.5, 0.6) is 5.75 Å². The maximum Gasteiger partial charge on any atom is 0.120 e. The summed E-state index contributed by atoms with van der Waals surface area (Å²) in [5, 5.41) is 0.139. The van der Waals surface area contributed by atoms with Crippen LogP contribution in [-0.2, 0) is 0 Å². The average molecular weight is 344 g/mol. The second-order valence-corrected chi connectivity index (χ2v) is 7.18. The molecule has 2 saturated carbocycles. The topological polar surface area (TPSA) is 9.23 Å². The lowest BCUT2D eigenvalue weighted by Gasteiger charge is -2.27. The molecular weight excluding hydrogens is 324 g/mol. The molecule has 2 aliphatic carbocycles. The Hall–Kier alpha value is -0.210. The third-order valence-electron chi connectivity index (χ3n) is 4.75. The molecule has 1 nitrogen and oxygen atoms in total. The van der Waals surface area contributed by atoms with Crippen molar-refractivity contribution in [2.24, 2.45) is 17.8 Å². The summed E-state index contributed by atoms with van der Waals surface area (Å²) >= 11 is 10.4. The Morgan fingerprint density at radius 2 is 2.21 bits per heavy atom. The fourth-order valence-corrected chi connectivity index (χ4v) is 5.11. The standard InChI is InChI=1S/C16H20BrClO/c1-2-19-12-5-6-13(15(17)9-12)16(18)14-8-10-3-4-11(14)7-10/h5-6,9-11,14,16H,2-4,7-8H2,1H3. The number of halogens is 2. The van der Waals surface area contributed by atoms with Crippen LogP contribution in [0.15, 0.2) is 22.7 Å². The SMILES string of the molecule is CCOc1ccc(C(Cl)C2CC3CCC2C3)c(Br)c1. The minimum atomic E-state index is 0.139. The number of fused-ring (bicyclic) bond motifs is 2. The molecule has 4 unspecified atom stereocenters. The molecule has 0 aliphatic heterocycles. The molecule has 19 heavy (non-hydrogen) atoms. The Bertz CT molecular complexity index is 462. The third-order valence-corrected chi connectivity index (χ3v) is 5.99. The summed E-state index contributed by atoms with van der Waals surface area (Å²) in [7, 11) is 0. The van der Waals surface area contributed by atoms with Gasteiger partial charge in [0.05, 0.1) is 12.0 Å². The van der Waals surface area contributed by atoms with Gasteiger partial charge in [-0.1, -0.05) is 28.4 Å². The smallest absolute Gasteiger partial charge is 0.120 e. The molecular formula is C16H20BrClO. The van der Waals surface area contributed by atoms with Gasteiger partial charge < -0.3 is 4.74 Å². The molecule has 2 fully saturated rings. The maximum absolute atomic E-state index is 6.77. The third kappa shape index (κ3) is 2.67. The van der Waals surface area contributed by atoms with E-state index < -0.39 is 0 Å². The molecule has 0 radical (unpaired) electrons. The summed E-state index contributed by atoms with van der Waals surface area (Å²) in [5.74, 6) is 3.37. The van der Waals surface area contributed by atoms with Gasteiger partial charge in [-0.05, 0) is 61.6 Å². The van der Waals surface area contributed by atoms with Crippen LogP contribution >= 0.6 is 27.5 Å². The minimum Gasteiger partial charge on any atom is -0.494 e. The zero-order valence-corrected chi connectivity index (χ0v) is 13.6. The molecule has 0 heterocycles. The van der Waals surface area contributed by atoms with Crippen LogP contribution in [0.2, 0.25) is 0 Å². The lowest BCUT2D eigenvalue weighted by atomic mass is 9.84. The largest absolute Gasteiger partial charge is 0.494 e. The second-order valence-electron chi connectivity index (χ2n) is 5.86. The van der Waals surface area contributed by atoms with E-state index in [1.54, 1.807) is 0 Å². The summed E-state index contributed by atoms with van der Waals surface area (Å²) in [6.07, 6.45) is 5.53. The highest BCUT2D eigenvalue weighted by Crippen LogP contribution is 2.55. The summed E-state index contributed by atoms with van der Waals surface area (Å²) < 4.78 is 6.61. The van der Waals surface area contributed by atoms with Crippen molar-refractivity contribution in [2.75, 3.05) is 6.61 Å². The van der Waals surface area contributed by atoms with Crippen LogP contribution < -0.4 is 4.74 Å². The number of rotatable bonds is 4. The highest BCUT2D eigenvalue weighted by Gasteiger charge is 2.43.